The fraction of sp³-hybridized carbons (Fsp3) is 0.125. The fourth-order valence-electron chi connectivity index (χ4n) is 1.99. The van der Waals surface area contributed by atoms with Crippen LogP contribution >= 0.6 is 50.7 Å². The van der Waals surface area contributed by atoms with Gasteiger partial charge >= 0.3 is 0 Å². The molecule has 0 unspecified atom stereocenters. The van der Waals surface area contributed by atoms with E-state index in [1.165, 1.54) is 12.3 Å². The van der Waals surface area contributed by atoms with Gasteiger partial charge in [-0.25, -0.2) is 4.39 Å². The Balaban J connectivity index is 2.05. The molecule has 23 heavy (non-hydrogen) atoms. The summed E-state index contributed by atoms with van der Waals surface area (Å²) in [6.45, 7) is 4.00. The van der Waals surface area contributed by atoms with Gasteiger partial charge in [-0.2, -0.15) is 5.10 Å². The number of benzene rings is 2. The SMILES string of the molecule is Cc1cccc(C)c1NC(=S)N/N=C/c1c(F)cc(Br)cc1I. The van der Waals surface area contributed by atoms with Gasteiger partial charge in [0.25, 0.3) is 0 Å². The lowest BCUT2D eigenvalue weighted by Crippen LogP contribution is -2.24. The van der Waals surface area contributed by atoms with Gasteiger partial charge in [-0.15, -0.1) is 0 Å². The number of para-hydroxylation sites is 1. The molecule has 0 bridgehead atoms. The van der Waals surface area contributed by atoms with E-state index in [4.69, 9.17) is 12.2 Å². The number of aryl methyl sites for hydroxylation is 2. The highest BCUT2D eigenvalue weighted by Crippen LogP contribution is 2.21. The summed E-state index contributed by atoms with van der Waals surface area (Å²) in [6.07, 6.45) is 1.42. The summed E-state index contributed by atoms with van der Waals surface area (Å²) in [5, 5.41) is 7.47. The number of rotatable bonds is 3. The molecule has 0 heterocycles. The van der Waals surface area contributed by atoms with Crippen LogP contribution in [0.4, 0.5) is 10.1 Å². The molecule has 0 fully saturated rings. The van der Waals surface area contributed by atoms with Crippen molar-refractivity contribution < 1.29 is 4.39 Å². The number of nitrogens with one attached hydrogen (secondary N) is 2. The van der Waals surface area contributed by atoms with Crippen molar-refractivity contribution in [3.8, 4) is 0 Å². The predicted molar refractivity (Wildman–Crippen MR) is 110 cm³/mol. The maximum Gasteiger partial charge on any atom is 0.191 e. The third-order valence-electron chi connectivity index (χ3n) is 3.12. The van der Waals surface area contributed by atoms with Crippen LogP contribution in [0.25, 0.3) is 0 Å². The van der Waals surface area contributed by atoms with Crippen LogP contribution in [0.15, 0.2) is 39.9 Å². The molecule has 3 nitrogen and oxygen atoms in total. The zero-order valence-corrected chi connectivity index (χ0v) is 17.0. The molecular formula is C16H14BrFIN3S. The second-order valence-electron chi connectivity index (χ2n) is 4.87. The minimum Gasteiger partial charge on any atom is -0.331 e. The maximum absolute atomic E-state index is 13.9. The molecule has 2 N–H and O–H groups in total. The van der Waals surface area contributed by atoms with E-state index in [9.17, 15) is 4.39 Å². The van der Waals surface area contributed by atoms with Crippen LogP contribution in [0.1, 0.15) is 16.7 Å². The Labute approximate surface area is 162 Å². The first-order valence-electron chi connectivity index (χ1n) is 6.69. The van der Waals surface area contributed by atoms with E-state index in [1.54, 1.807) is 0 Å². The summed E-state index contributed by atoms with van der Waals surface area (Å²) in [4.78, 5) is 0. The standard InChI is InChI=1S/C16H14BrFIN3S/c1-9-4-3-5-10(2)15(9)21-16(23)22-20-8-12-13(18)6-11(17)7-14(12)19/h3-8H,1-2H3,(H2,21,22,23)/b20-8+. The summed E-state index contributed by atoms with van der Waals surface area (Å²) in [7, 11) is 0. The quantitative estimate of drug-likeness (QED) is 0.263. The number of thiocarbonyl (C=S) groups is 1. The maximum atomic E-state index is 13.9. The van der Waals surface area contributed by atoms with Crippen LogP contribution < -0.4 is 10.7 Å². The number of nitrogens with zero attached hydrogens (tertiary/aromatic N) is 1. The van der Waals surface area contributed by atoms with Crippen molar-refractivity contribution in [2.45, 2.75) is 13.8 Å². The zero-order valence-electron chi connectivity index (χ0n) is 12.5. The molecule has 0 aliphatic heterocycles. The molecule has 2 aromatic rings. The third-order valence-corrected chi connectivity index (χ3v) is 4.67. The molecule has 2 aromatic carbocycles. The third kappa shape index (κ3) is 4.95. The van der Waals surface area contributed by atoms with Gasteiger partial charge < -0.3 is 5.32 Å². The molecule has 120 valence electrons. The van der Waals surface area contributed by atoms with Gasteiger partial charge in [0.2, 0.25) is 0 Å². The smallest absolute Gasteiger partial charge is 0.191 e. The van der Waals surface area contributed by atoms with E-state index in [2.05, 4.69) is 54.4 Å². The molecule has 0 aliphatic rings. The van der Waals surface area contributed by atoms with Gasteiger partial charge in [0, 0.05) is 19.3 Å². The normalized spacial score (nSPS) is 10.8. The lowest BCUT2D eigenvalue weighted by Gasteiger charge is -2.12. The summed E-state index contributed by atoms with van der Waals surface area (Å²) in [5.74, 6) is -0.344. The first-order valence-corrected chi connectivity index (χ1v) is 8.97. The molecule has 0 radical (unpaired) electrons. The Bertz CT molecular complexity index is 737. The lowest BCUT2D eigenvalue weighted by molar-refractivity contribution is 0.624. The monoisotopic (exact) mass is 505 g/mol. The highest BCUT2D eigenvalue weighted by Gasteiger charge is 2.07. The van der Waals surface area contributed by atoms with Crippen LogP contribution in [-0.2, 0) is 0 Å². The summed E-state index contributed by atoms with van der Waals surface area (Å²) in [6, 6.07) is 9.21. The van der Waals surface area contributed by atoms with Crippen LogP contribution in [0.5, 0.6) is 0 Å². The largest absolute Gasteiger partial charge is 0.331 e. The topological polar surface area (TPSA) is 36.4 Å². The Morgan fingerprint density at radius 3 is 2.57 bits per heavy atom. The molecule has 0 amide bonds. The van der Waals surface area contributed by atoms with Crippen molar-refractivity contribution in [1.82, 2.24) is 5.43 Å². The summed E-state index contributed by atoms with van der Waals surface area (Å²) in [5.41, 5.74) is 6.25. The minimum absolute atomic E-state index is 0.344. The van der Waals surface area contributed by atoms with Crippen molar-refractivity contribution in [3.63, 3.8) is 0 Å². The number of hydrogen-bond donors (Lipinski definition) is 2. The molecule has 0 aliphatic carbocycles. The van der Waals surface area contributed by atoms with Crippen LogP contribution in [-0.4, -0.2) is 11.3 Å². The van der Waals surface area contributed by atoms with E-state index < -0.39 is 0 Å². The molecular weight excluding hydrogens is 492 g/mol. The van der Waals surface area contributed by atoms with Gasteiger partial charge in [-0.1, -0.05) is 34.1 Å². The Hall–Kier alpha value is -1.06. The average Bonchev–Trinajstić information content (AvgIpc) is 2.46. The van der Waals surface area contributed by atoms with E-state index in [-0.39, 0.29) is 5.82 Å². The average molecular weight is 506 g/mol. The highest BCUT2D eigenvalue weighted by atomic mass is 127. The Morgan fingerprint density at radius 1 is 1.30 bits per heavy atom. The van der Waals surface area contributed by atoms with Gasteiger partial charge in [-0.3, -0.25) is 5.43 Å². The van der Waals surface area contributed by atoms with Crippen molar-refractivity contribution in [2.24, 2.45) is 5.10 Å². The molecule has 0 spiro atoms. The number of anilines is 1. The van der Waals surface area contributed by atoms with Gasteiger partial charge in [0.05, 0.1) is 6.21 Å². The molecule has 7 heteroatoms. The zero-order chi connectivity index (χ0) is 17.0. The van der Waals surface area contributed by atoms with Crippen LogP contribution in [0.3, 0.4) is 0 Å². The number of halogens is 3. The Morgan fingerprint density at radius 2 is 1.96 bits per heavy atom. The van der Waals surface area contributed by atoms with Gasteiger partial charge in [0.15, 0.2) is 5.11 Å². The van der Waals surface area contributed by atoms with E-state index in [1.807, 2.05) is 38.1 Å². The van der Waals surface area contributed by atoms with Gasteiger partial charge in [-0.05, 0) is 71.9 Å². The van der Waals surface area contributed by atoms with E-state index in [0.717, 1.165) is 20.4 Å². The van der Waals surface area contributed by atoms with Crippen LogP contribution in [0.2, 0.25) is 0 Å². The second-order valence-corrected chi connectivity index (χ2v) is 7.36. The number of hydrazone groups is 1. The molecule has 0 saturated heterocycles. The summed E-state index contributed by atoms with van der Waals surface area (Å²) < 4.78 is 15.3. The second kappa shape index (κ2) is 8.16. The minimum atomic E-state index is -0.344. The molecule has 0 aromatic heterocycles. The lowest BCUT2D eigenvalue weighted by atomic mass is 10.1. The molecule has 2 rings (SSSR count). The highest BCUT2D eigenvalue weighted by molar-refractivity contribution is 14.1. The van der Waals surface area contributed by atoms with Crippen molar-refractivity contribution in [1.29, 1.82) is 0 Å². The first kappa shape index (κ1) is 18.3. The Kier molecular flexibility index (Phi) is 6.49. The molecule has 0 saturated carbocycles. The van der Waals surface area contributed by atoms with Gasteiger partial charge in [0.1, 0.15) is 5.82 Å². The van der Waals surface area contributed by atoms with Crippen molar-refractivity contribution >= 4 is 67.8 Å². The molecule has 0 atom stereocenters. The van der Waals surface area contributed by atoms with E-state index in [0.29, 0.717) is 15.1 Å². The van der Waals surface area contributed by atoms with Crippen molar-refractivity contribution in [3.05, 3.63) is 60.9 Å². The fourth-order valence-corrected chi connectivity index (χ4v) is 3.73. The van der Waals surface area contributed by atoms with Crippen LogP contribution in [0, 0.1) is 23.2 Å². The van der Waals surface area contributed by atoms with E-state index >= 15 is 0 Å². The first-order chi connectivity index (χ1) is 10.9. The van der Waals surface area contributed by atoms with Crippen molar-refractivity contribution in [2.75, 3.05) is 5.32 Å². The number of hydrogen-bond acceptors (Lipinski definition) is 2. The predicted octanol–water partition coefficient (Wildman–Crippen LogP) is 5.13. The summed E-state index contributed by atoms with van der Waals surface area (Å²) >= 11 is 10.5.